The number of carbonyl (C=O) groups is 2. The van der Waals surface area contributed by atoms with E-state index in [2.05, 4.69) is 11.5 Å². The molecule has 0 aliphatic rings. The molecular formula is C18H17NO4. The number of benzene rings is 2. The number of carbonyl (C=O) groups excluding carboxylic acids is 2. The number of aromatic nitrogens is 1. The SMILES string of the molecule is CCn1c2ccc(OC(C)=O)cc2c2cc(OC(C)=O)ccc21. The first kappa shape index (κ1) is 15.1. The molecule has 0 radical (unpaired) electrons. The van der Waals surface area contributed by atoms with Gasteiger partial charge in [0.2, 0.25) is 0 Å². The molecule has 0 aliphatic heterocycles. The Morgan fingerprint density at radius 3 is 1.65 bits per heavy atom. The van der Waals surface area contributed by atoms with Crippen LogP contribution < -0.4 is 9.47 Å². The molecule has 2 aromatic carbocycles. The molecule has 3 rings (SSSR count). The van der Waals surface area contributed by atoms with Gasteiger partial charge in [0.15, 0.2) is 0 Å². The number of esters is 2. The molecule has 3 aromatic rings. The second kappa shape index (κ2) is 5.76. The fraction of sp³-hybridized carbons (Fsp3) is 0.222. The van der Waals surface area contributed by atoms with Gasteiger partial charge in [0.1, 0.15) is 11.5 Å². The summed E-state index contributed by atoms with van der Waals surface area (Å²) in [6.45, 7) is 5.62. The second-order valence-corrected chi connectivity index (χ2v) is 5.29. The zero-order valence-electron chi connectivity index (χ0n) is 13.3. The Bertz CT molecular complexity index is 850. The van der Waals surface area contributed by atoms with E-state index in [1.54, 1.807) is 12.1 Å². The summed E-state index contributed by atoms with van der Waals surface area (Å²) in [6.07, 6.45) is 0. The van der Waals surface area contributed by atoms with Crippen LogP contribution >= 0.6 is 0 Å². The molecular weight excluding hydrogens is 294 g/mol. The summed E-state index contributed by atoms with van der Waals surface area (Å²) in [7, 11) is 0. The molecule has 0 atom stereocenters. The summed E-state index contributed by atoms with van der Waals surface area (Å²) in [5, 5.41) is 1.91. The Hall–Kier alpha value is -2.82. The summed E-state index contributed by atoms with van der Waals surface area (Å²) in [4.78, 5) is 22.3. The van der Waals surface area contributed by atoms with E-state index in [1.165, 1.54) is 13.8 Å². The Kier molecular flexibility index (Phi) is 3.78. The minimum Gasteiger partial charge on any atom is -0.427 e. The van der Waals surface area contributed by atoms with Gasteiger partial charge in [-0.05, 0) is 43.3 Å². The fourth-order valence-electron chi connectivity index (χ4n) is 2.86. The number of rotatable bonds is 3. The predicted molar refractivity (Wildman–Crippen MR) is 87.7 cm³/mol. The monoisotopic (exact) mass is 311 g/mol. The molecule has 118 valence electrons. The van der Waals surface area contributed by atoms with Crippen LogP contribution in [0.4, 0.5) is 0 Å². The van der Waals surface area contributed by atoms with Crippen molar-refractivity contribution in [2.45, 2.75) is 27.3 Å². The molecule has 0 N–H and O–H groups in total. The first-order valence-corrected chi connectivity index (χ1v) is 7.42. The topological polar surface area (TPSA) is 57.5 Å². The van der Waals surface area contributed by atoms with Gasteiger partial charge in [0.05, 0.1) is 0 Å². The number of fused-ring (bicyclic) bond motifs is 3. The second-order valence-electron chi connectivity index (χ2n) is 5.29. The van der Waals surface area contributed by atoms with Crippen LogP contribution in [0.1, 0.15) is 20.8 Å². The van der Waals surface area contributed by atoms with E-state index < -0.39 is 0 Å². The van der Waals surface area contributed by atoms with Crippen LogP contribution in [0.15, 0.2) is 36.4 Å². The van der Waals surface area contributed by atoms with Crippen LogP contribution in [0, 0.1) is 0 Å². The molecule has 5 heteroatoms. The quantitative estimate of drug-likeness (QED) is 0.547. The molecule has 0 saturated heterocycles. The Labute approximate surface area is 133 Å². The molecule has 23 heavy (non-hydrogen) atoms. The Balaban J connectivity index is 2.25. The smallest absolute Gasteiger partial charge is 0.308 e. The highest BCUT2D eigenvalue weighted by Crippen LogP contribution is 2.34. The van der Waals surface area contributed by atoms with Crippen molar-refractivity contribution < 1.29 is 19.1 Å². The van der Waals surface area contributed by atoms with Crippen molar-refractivity contribution in [3.63, 3.8) is 0 Å². The lowest BCUT2D eigenvalue weighted by atomic mass is 10.1. The van der Waals surface area contributed by atoms with E-state index in [-0.39, 0.29) is 11.9 Å². The Morgan fingerprint density at radius 2 is 1.30 bits per heavy atom. The molecule has 0 aliphatic carbocycles. The average Bonchev–Trinajstić information content (AvgIpc) is 2.78. The van der Waals surface area contributed by atoms with Crippen LogP contribution in [0.3, 0.4) is 0 Å². The van der Waals surface area contributed by atoms with Gasteiger partial charge in [-0.15, -0.1) is 0 Å². The number of hydrogen-bond donors (Lipinski definition) is 0. The summed E-state index contributed by atoms with van der Waals surface area (Å²) >= 11 is 0. The van der Waals surface area contributed by atoms with Crippen molar-refractivity contribution in [2.75, 3.05) is 0 Å². The van der Waals surface area contributed by atoms with Crippen molar-refractivity contribution in [1.29, 1.82) is 0 Å². The van der Waals surface area contributed by atoms with E-state index >= 15 is 0 Å². The lowest BCUT2D eigenvalue weighted by Gasteiger charge is -2.04. The van der Waals surface area contributed by atoms with E-state index in [4.69, 9.17) is 9.47 Å². The number of ether oxygens (including phenoxy) is 2. The highest BCUT2D eigenvalue weighted by atomic mass is 16.5. The fourth-order valence-corrected chi connectivity index (χ4v) is 2.86. The molecule has 0 saturated carbocycles. The molecule has 5 nitrogen and oxygen atoms in total. The standard InChI is InChI=1S/C18H17NO4/c1-4-19-17-7-5-13(22-11(2)20)9-15(17)16-10-14(23-12(3)21)6-8-18(16)19/h5-10H,4H2,1-3H3. The largest absolute Gasteiger partial charge is 0.427 e. The zero-order valence-corrected chi connectivity index (χ0v) is 13.3. The van der Waals surface area contributed by atoms with Crippen molar-refractivity contribution >= 4 is 33.7 Å². The molecule has 0 spiro atoms. The lowest BCUT2D eigenvalue weighted by Crippen LogP contribution is -2.01. The first-order chi connectivity index (χ1) is 11.0. The number of nitrogens with zero attached hydrogens (tertiary/aromatic N) is 1. The summed E-state index contributed by atoms with van der Waals surface area (Å²) in [5.41, 5.74) is 2.08. The summed E-state index contributed by atoms with van der Waals surface area (Å²) in [6, 6.07) is 11.1. The molecule has 0 bridgehead atoms. The van der Waals surface area contributed by atoms with Crippen LogP contribution in [-0.2, 0) is 16.1 Å². The van der Waals surface area contributed by atoms with Gasteiger partial charge in [-0.2, -0.15) is 0 Å². The van der Waals surface area contributed by atoms with Gasteiger partial charge in [-0.1, -0.05) is 0 Å². The van der Waals surface area contributed by atoms with Crippen molar-refractivity contribution in [1.82, 2.24) is 4.57 Å². The van der Waals surface area contributed by atoms with E-state index in [0.717, 1.165) is 28.4 Å². The third kappa shape index (κ3) is 2.77. The van der Waals surface area contributed by atoms with Crippen LogP contribution in [0.25, 0.3) is 21.8 Å². The number of aryl methyl sites for hydroxylation is 1. The van der Waals surface area contributed by atoms with E-state index in [9.17, 15) is 9.59 Å². The summed E-state index contributed by atoms with van der Waals surface area (Å²) in [5.74, 6) is 0.282. The Morgan fingerprint density at radius 1 is 0.870 bits per heavy atom. The van der Waals surface area contributed by atoms with Gasteiger partial charge < -0.3 is 14.0 Å². The van der Waals surface area contributed by atoms with Gasteiger partial charge in [0, 0.05) is 42.2 Å². The van der Waals surface area contributed by atoms with Gasteiger partial charge in [-0.25, -0.2) is 0 Å². The van der Waals surface area contributed by atoms with Gasteiger partial charge in [0.25, 0.3) is 0 Å². The zero-order chi connectivity index (χ0) is 16.6. The minimum absolute atomic E-state index is 0.357. The van der Waals surface area contributed by atoms with E-state index in [1.807, 2.05) is 24.3 Å². The highest BCUT2D eigenvalue weighted by Gasteiger charge is 2.12. The lowest BCUT2D eigenvalue weighted by molar-refractivity contribution is -0.132. The molecule has 1 heterocycles. The van der Waals surface area contributed by atoms with Crippen molar-refractivity contribution in [3.05, 3.63) is 36.4 Å². The normalized spacial score (nSPS) is 10.9. The predicted octanol–water partition coefficient (Wildman–Crippen LogP) is 3.67. The van der Waals surface area contributed by atoms with E-state index in [0.29, 0.717) is 11.5 Å². The molecule has 0 fully saturated rings. The van der Waals surface area contributed by atoms with Gasteiger partial charge >= 0.3 is 11.9 Å². The van der Waals surface area contributed by atoms with Crippen LogP contribution in [0.5, 0.6) is 11.5 Å². The average molecular weight is 311 g/mol. The molecule has 1 aromatic heterocycles. The van der Waals surface area contributed by atoms with Crippen molar-refractivity contribution in [3.8, 4) is 11.5 Å². The minimum atomic E-state index is -0.357. The third-order valence-electron chi connectivity index (χ3n) is 3.65. The van der Waals surface area contributed by atoms with Crippen LogP contribution in [-0.4, -0.2) is 16.5 Å². The van der Waals surface area contributed by atoms with Crippen LogP contribution in [0.2, 0.25) is 0 Å². The first-order valence-electron chi connectivity index (χ1n) is 7.42. The van der Waals surface area contributed by atoms with Crippen molar-refractivity contribution in [2.24, 2.45) is 0 Å². The maximum absolute atomic E-state index is 11.2. The summed E-state index contributed by atoms with van der Waals surface area (Å²) < 4.78 is 12.5. The van der Waals surface area contributed by atoms with Gasteiger partial charge in [-0.3, -0.25) is 9.59 Å². The number of hydrogen-bond acceptors (Lipinski definition) is 4. The third-order valence-corrected chi connectivity index (χ3v) is 3.65. The highest BCUT2D eigenvalue weighted by molar-refractivity contribution is 6.09. The maximum Gasteiger partial charge on any atom is 0.308 e. The molecule has 0 amide bonds. The molecule has 0 unspecified atom stereocenters. The maximum atomic E-state index is 11.2.